The van der Waals surface area contributed by atoms with Crippen LogP contribution in [0.5, 0.6) is 0 Å². The van der Waals surface area contributed by atoms with Crippen LogP contribution in [-0.4, -0.2) is 31.2 Å². The zero-order chi connectivity index (χ0) is 25.3. The van der Waals surface area contributed by atoms with E-state index in [0.29, 0.717) is 16.7 Å². The number of ketones is 1. The van der Waals surface area contributed by atoms with Crippen molar-refractivity contribution < 1.29 is 14.1 Å². The van der Waals surface area contributed by atoms with Crippen molar-refractivity contribution in [3.05, 3.63) is 73.1 Å². The highest BCUT2D eigenvalue weighted by atomic mass is 35.5. The minimum atomic E-state index is -0.732. The van der Waals surface area contributed by atoms with Crippen molar-refractivity contribution in [1.29, 1.82) is 0 Å². The Morgan fingerprint density at radius 1 is 1.17 bits per heavy atom. The summed E-state index contributed by atoms with van der Waals surface area (Å²) in [7, 11) is 0. The summed E-state index contributed by atoms with van der Waals surface area (Å²) in [5.74, 6) is -0.271. The van der Waals surface area contributed by atoms with Gasteiger partial charge < -0.3 is 14.4 Å². The molecule has 4 heterocycles. The number of halogens is 2. The largest absolute Gasteiger partial charge is 0.365 e. The molecular weight excluding hydrogens is 513 g/mol. The van der Waals surface area contributed by atoms with E-state index < -0.39 is 16.8 Å². The van der Waals surface area contributed by atoms with Crippen molar-refractivity contribution in [3.8, 4) is 11.3 Å². The standard InChI is InChI=1S/C23H21Cl2N5O4S/c1-23(2,3)22(33)30-20(26-10-14-4-5-19(25)35-14)9-17(27-30)15-8-13(24)11-29(21(15)32)12-18(31)16-6-7-34-28-16/h4-9,11,26H,10,12H2,1-3H3. The first-order valence-electron chi connectivity index (χ1n) is 10.5. The van der Waals surface area contributed by atoms with Crippen LogP contribution in [0.15, 0.2) is 52.1 Å². The van der Waals surface area contributed by atoms with Gasteiger partial charge in [-0.3, -0.25) is 14.4 Å². The number of thiophene rings is 1. The zero-order valence-electron chi connectivity index (χ0n) is 19.0. The van der Waals surface area contributed by atoms with Gasteiger partial charge in [0.2, 0.25) is 5.78 Å². The molecule has 12 heteroatoms. The van der Waals surface area contributed by atoms with Crippen LogP contribution < -0.4 is 10.9 Å². The minimum absolute atomic E-state index is 0.0960. The molecule has 1 N–H and O–H groups in total. The average molecular weight is 534 g/mol. The molecular formula is C23H21Cl2N5O4S. The second-order valence-electron chi connectivity index (χ2n) is 8.75. The first kappa shape index (κ1) is 24.9. The maximum Gasteiger partial charge on any atom is 0.260 e. The number of rotatable bonds is 7. The van der Waals surface area contributed by atoms with E-state index in [9.17, 15) is 14.4 Å². The highest BCUT2D eigenvalue weighted by Gasteiger charge is 2.28. The fourth-order valence-corrected chi connectivity index (χ4v) is 4.48. The lowest BCUT2D eigenvalue weighted by Crippen LogP contribution is -2.29. The summed E-state index contributed by atoms with van der Waals surface area (Å²) in [6.07, 6.45) is 2.64. The monoisotopic (exact) mass is 533 g/mol. The third-order valence-corrected chi connectivity index (χ3v) is 6.42. The third kappa shape index (κ3) is 5.55. The molecule has 0 aromatic carbocycles. The lowest BCUT2D eigenvalue weighted by molar-refractivity contribution is 0.0752. The molecule has 0 fully saturated rings. The van der Waals surface area contributed by atoms with E-state index in [2.05, 4.69) is 15.6 Å². The molecule has 0 aliphatic carbocycles. The summed E-state index contributed by atoms with van der Waals surface area (Å²) in [5, 5.41) is 11.5. The number of Topliss-reactive ketones (excluding diaryl/α,β-unsaturated/α-hetero) is 1. The van der Waals surface area contributed by atoms with E-state index in [4.69, 9.17) is 27.7 Å². The summed E-state index contributed by atoms with van der Waals surface area (Å²) in [6, 6.07) is 8.15. The predicted octanol–water partition coefficient (Wildman–Crippen LogP) is 5.25. The number of anilines is 1. The molecule has 4 rings (SSSR count). The van der Waals surface area contributed by atoms with Gasteiger partial charge in [-0.15, -0.1) is 11.3 Å². The fraction of sp³-hybridized carbons (Fsp3) is 0.261. The Hall–Kier alpha value is -3.21. The summed E-state index contributed by atoms with van der Waals surface area (Å²) in [6.45, 7) is 5.46. The van der Waals surface area contributed by atoms with Crippen molar-refractivity contribution >= 4 is 52.0 Å². The van der Waals surface area contributed by atoms with Crippen LogP contribution in [0, 0.1) is 5.41 Å². The van der Waals surface area contributed by atoms with Crippen LogP contribution in [-0.2, 0) is 13.1 Å². The smallest absolute Gasteiger partial charge is 0.260 e. The maximum absolute atomic E-state index is 13.2. The van der Waals surface area contributed by atoms with Crippen molar-refractivity contribution in [2.24, 2.45) is 5.41 Å². The molecule has 0 bridgehead atoms. The first-order chi connectivity index (χ1) is 16.5. The predicted molar refractivity (Wildman–Crippen MR) is 135 cm³/mol. The van der Waals surface area contributed by atoms with E-state index in [0.717, 1.165) is 4.88 Å². The lowest BCUT2D eigenvalue weighted by atomic mass is 9.96. The molecule has 0 radical (unpaired) electrons. The minimum Gasteiger partial charge on any atom is -0.365 e. The second kappa shape index (κ2) is 9.80. The van der Waals surface area contributed by atoms with Gasteiger partial charge in [-0.2, -0.15) is 9.78 Å². The van der Waals surface area contributed by atoms with Crippen LogP contribution in [0.4, 0.5) is 5.82 Å². The number of nitrogens with zero attached hydrogens (tertiary/aromatic N) is 4. The highest BCUT2D eigenvalue weighted by molar-refractivity contribution is 7.16. The Labute approximate surface area is 214 Å². The van der Waals surface area contributed by atoms with Crippen LogP contribution in [0.2, 0.25) is 9.36 Å². The van der Waals surface area contributed by atoms with Crippen LogP contribution in [0.1, 0.15) is 40.9 Å². The van der Waals surface area contributed by atoms with Gasteiger partial charge in [0.05, 0.1) is 28.0 Å². The quantitative estimate of drug-likeness (QED) is 0.323. The Bertz CT molecular complexity index is 1450. The van der Waals surface area contributed by atoms with E-state index in [1.807, 2.05) is 6.07 Å². The molecule has 0 spiro atoms. The van der Waals surface area contributed by atoms with E-state index >= 15 is 0 Å². The van der Waals surface area contributed by atoms with Crippen LogP contribution >= 0.6 is 34.5 Å². The highest BCUT2D eigenvalue weighted by Crippen LogP contribution is 2.27. The topological polar surface area (TPSA) is 112 Å². The molecule has 0 aliphatic heterocycles. The maximum atomic E-state index is 13.2. The summed E-state index contributed by atoms with van der Waals surface area (Å²) in [5.41, 5.74) is -0.739. The number of carbonyl (C=O) groups is 2. The normalized spacial score (nSPS) is 11.6. The number of aromatic nitrogens is 4. The van der Waals surface area contributed by atoms with Crippen molar-refractivity contribution in [1.82, 2.24) is 19.5 Å². The first-order valence-corrected chi connectivity index (χ1v) is 12.1. The Kier molecular flexibility index (Phi) is 6.98. The van der Waals surface area contributed by atoms with Gasteiger partial charge in [-0.25, -0.2) is 0 Å². The van der Waals surface area contributed by atoms with Gasteiger partial charge >= 0.3 is 0 Å². The average Bonchev–Trinajstić information content (AvgIpc) is 3.54. The molecule has 0 atom stereocenters. The summed E-state index contributed by atoms with van der Waals surface area (Å²) in [4.78, 5) is 39.8. The molecule has 4 aromatic rings. The van der Waals surface area contributed by atoms with Gasteiger partial charge in [0.1, 0.15) is 17.8 Å². The molecule has 35 heavy (non-hydrogen) atoms. The van der Waals surface area contributed by atoms with Gasteiger partial charge in [-0.1, -0.05) is 49.1 Å². The van der Waals surface area contributed by atoms with Gasteiger partial charge in [0, 0.05) is 28.6 Å². The number of hydrogen-bond donors (Lipinski definition) is 1. The van der Waals surface area contributed by atoms with E-state index in [-0.39, 0.29) is 34.4 Å². The molecule has 0 unspecified atom stereocenters. The Morgan fingerprint density at radius 3 is 2.57 bits per heavy atom. The zero-order valence-corrected chi connectivity index (χ0v) is 21.4. The SMILES string of the molecule is CC(C)(C)C(=O)n1nc(-c2cc(Cl)cn(CC(=O)c3ccon3)c2=O)cc1NCc1ccc(Cl)s1. The van der Waals surface area contributed by atoms with Gasteiger partial charge in [0.15, 0.2) is 5.69 Å². The van der Waals surface area contributed by atoms with Crippen molar-refractivity contribution in [2.45, 2.75) is 33.9 Å². The molecule has 182 valence electrons. The van der Waals surface area contributed by atoms with Crippen LogP contribution in [0.25, 0.3) is 11.3 Å². The molecule has 0 saturated heterocycles. The van der Waals surface area contributed by atoms with E-state index in [1.165, 1.54) is 45.2 Å². The van der Waals surface area contributed by atoms with Gasteiger partial charge in [-0.05, 0) is 18.2 Å². The van der Waals surface area contributed by atoms with Crippen LogP contribution in [0.3, 0.4) is 0 Å². The molecule has 0 amide bonds. The molecule has 0 saturated carbocycles. The molecule has 4 aromatic heterocycles. The van der Waals surface area contributed by atoms with Gasteiger partial charge in [0.25, 0.3) is 11.5 Å². The Balaban J connectivity index is 1.72. The van der Waals surface area contributed by atoms with Crippen molar-refractivity contribution in [2.75, 3.05) is 5.32 Å². The van der Waals surface area contributed by atoms with Crippen molar-refractivity contribution in [3.63, 3.8) is 0 Å². The van der Waals surface area contributed by atoms with E-state index in [1.54, 1.807) is 32.9 Å². The Morgan fingerprint density at radius 2 is 1.94 bits per heavy atom. The number of nitrogens with one attached hydrogen (secondary N) is 1. The molecule has 0 aliphatic rings. The third-order valence-electron chi connectivity index (χ3n) is 4.98. The summed E-state index contributed by atoms with van der Waals surface area (Å²) < 4.78 is 7.78. The number of pyridine rings is 1. The fourth-order valence-electron chi connectivity index (χ4n) is 3.23. The number of carbonyl (C=O) groups excluding carboxylic acids is 2. The molecule has 9 nitrogen and oxygen atoms in total. The second-order valence-corrected chi connectivity index (χ2v) is 11.0. The lowest BCUT2D eigenvalue weighted by Gasteiger charge is -2.18. The number of hydrogen-bond acceptors (Lipinski definition) is 8. The summed E-state index contributed by atoms with van der Waals surface area (Å²) >= 11 is 13.7.